The summed E-state index contributed by atoms with van der Waals surface area (Å²) in [6.45, 7) is 7.71. The molecule has 3 nitrogen and oxygen atoms in total. The molecule has 1 aromatic rings. The third-order valence-corrected chi connectivity index (χ3v) is 1.68. The summed E-state index contributed by atoms with van der Waals surface area (Å²) in [5, 5.41) is 4.07. The molecule has 1 aromatic heterocycles. The fraction of sp³-hybridized carbons (Fsp3) is 0.556. The van der Waals surface area contributed by atoms with E-state index in [1.54, 1.807) is 4.68 Å². The molecule has 0 aromatic carbocycles. The molecule has 0 spiro atoms. The van der Waals surface area contributed by atoms with Crippen molar-refractivity contribution in [3.63, 3.8) is 0 Å². The highest BCUT2D eigenvalue weighted by Crippen LogP contribution is 2.07. The summed E-state index contributed by atoms with van der Waals surface area (Å²) in [6, 6.07) is 0. The Morgan fingerprint density at radius 2 is 1.83 bits per heavy atom. The minimum atomic E-state index is 0.711. The zero-order chi connectivity index (χ0) is 9.72. The van der Waals surface area contributed by atoms with Crippen LogP contribution in [0.25, 0.3) is 0 Å². The second-order valence-corrected chi connectivity index (χ2v) is 2.33. The summed E-state index contributed by atoms with van der Waals surface area (Å²) in [7, 11) is 1.83. The second-order valence-electron chi connectivity index (χ2n) is 2.33. The molecular formula is C9H16N2O. The van der Waals surface area contributed by atoms with Crippen LogP contribution in [-0.4, -0.2) is 16.1 Å². The number of aromatic nitrogens is 2. The lowest BCUT2D eigenvalue weighted by Gasteiger charge is -1.90. The molecule has 0 atom stereocenters. The molecule has 3 heteroatoms. The van der Waals surface area contributed by atoms with Gasteiger partial charge >= 0.3 is 0 Å². The molecule has 0 bridgehead atoms. The smallest absolute Gasteiger partial charge is 0.153 e. The number of hydrogen-bond donors (Lipinski definition) is 0. The molecule has 1 heterocycles. The Bertz CT molecular complexity index is 264. The summed E-state index contributed by atoms with van der Waals surface area (Å²) < 4.78 is 1.71. The standard InChI is InChI=1S/C7H10N2O.C2H6/c1-5-7(4-10)6(2)9(3)8-5;1-2/h4H,1-3H3;1-2H3. The number of carbonyl (C=O) groups excluding carboxylic acids is 1. The van der Waals surface area contributed by atoms with E-state index in [2.05, 4.69) is 5.10 Å². The van der Waals surface area contributed by atoms with E-state index in [4.69, 9.17) is 0 Å². The normalized spacial score (nSPS) is 8.75. The molecule has 0 amide bonds. The molecular weight excluding hydrogens is 152 g/mol. The van der Waals surface area contributed by atoms with Crippen LogP contribution in [0.4, 0.5) is 0 Å². The Labute approximate surface area is 73.4 Å². The zero-order valence-electron chi connectivity index (χ0n) is 8.38. The van der Waals surface area contributed by atoms with Gasteiger partial charge in [0.25, 0.3) is 0 Å². The predicted molar refractivity (Wildman–Crippen MR) is 49.4 cm³/mol. The van der Waals surface area contributed by atoms with Crippen LogP contribution < -0.4 is 0 Å². The van der Waals surface area contributed by atoms with E-state index in [9.17, 15) is 4.79 Å². The Hall–Kier alpha value is -1.12. The third kappa shape index (κ3) is 1.94. The fourth-order valence-corrected chi connectivity index (χ4v) is 0.961. The predicted octanol–water partition coefficient (Wildman–Crippen LogP) is 1.88. The van der Waals surface area contributed by atoms with Gasteiger partial charge in [0.2, 0.25) is 0 Å². The molecule has 0 fully saturated rings. The van der Waals surface area contributed by atoms with E-state index >= 15 is 0 Å². The zero-order valence-corrected chi connectivity index (χ0v) is 8.38. The molecule has 1 rings (SSSR count). The molecule has 0 aliphatic rings. The van der Waals surface area contributed by atoms with Crippen molar-refractivity contribution in [2.45, 2.75) is 27.7 Å². The lowest BCUT2D eigenvalue weighted by Crippen LogP contribution is -1.93. The number of aldehydes is 1. The molecule has 0 aliphatic heterocycles. The summed E-state index contributed by atoms with van der Waals surface area (Å²) >= 11 is 0. The number of carbonyl (C=O) groups is 1. The highest BCUT2D eigenvalue weighted by atomic mass is 16.1. The molecule has 68 valence electrons. The van der Waals surface area contributed by atoms with Gasteiger partial charge in [0.05, 0.1) is 11.3 Å². The Morgan fingerprint density at radius 1 is 1.33 bits per heavy atom. The van der Waals surface area contributed by atoms with Crippen molar-refractivity contribution in [2.75, 3.05) is 0 Å². The minimum absolute atomic E-state index is 0.711. The first-order valence-electron chi connectivity index (χ1n) is 4.12. The van der Waals surface area contributed by atoms with Crippen molar-refractivity contribution >= 4 is 6.29 Å². The number of rotatable bonds is 1. The minimum Gasteiger partial charge on any atom is -0.298 e. The first-order valence-corrected chi connectivity index (χ1v) is 4.12. The molecule has 0 saturated heterocycles. The largest absolute Gasteiger partial charge is 0.298 e. The third-order valence-electron chi connectivity index (χ3n) is 1.68. The molecule has 12 heavy (non-hydrogen) atoms. The summed E-state index contributed by atoms with van der Waals surface area (Å²) in [6.07, 6.45) is 0.845. The van der Waals surface area contributed by atoms with Gasteiger partial charge in [-0.2, -0.15) is 5.10 Å². The Balaban J connectivity index is 0.000000561. The van der Waals surface area contributed by atoms with Gasteiger partial charge in [0.1, 0.15) is 0 Å². The van der Waals surface area contributed by atoms with Crippen molar-refractivity contribution < 1.29 is 4.79 Å². The van der Waals surface area contributed by atoms with Gasteiger partial charge in [-0.05, 0) is 13.8 Å². The van der Waals surface area contributed by atoms with E-state index in [0.29, 0.717) is 5.56 Å². The van der Waals surface area contributed by atoms with Gasteiger partial charge < -0.3 is 0 Å². The van der Waals surface area contributed by atoms with E-state index in [1.807, 2.05) is 34.7 Å². The van der Waals surface area contributed by atoms with Crippen LogP contribution in [0.15, 0.2) is 0 Å². The van der Waals surface area contributed by atoms with E-state index in [1.165, 1.54) is 0 Å². The van der Waals surface area contributed by atoms with Crippen LogP contribution >= 0.6 is 0 Å². The molecule has 0 unspecified atom stereocenters. The number of hydrogen-bond acceptors (Lipinski definition) is 2. The van der Waals surface area contributed by atoms with Crippen LogP contribution in [0.2, 0.25) is 0 Å². The van der Waals surface area contributed by atoms with Gasteiger partial charge in [-0.3, -0.25) is 9.48 Å². The van der Waals surface area contributed by atoms with Crippen molar-refractivity contribution in [3.8, 4) is 0 Å². The van der Waals surface area contributed by atoms with Gasteiger partial charge in [-0.15, -0.1) is 0 Å². The number of nitrogens with zero attached hydrogens (tertiary/aromatic N) is 2. The summed E-state index contributed by atoms with van der Waals surface area (Å²) in [4.78, 5) is 10.4. The molecule has 0 N–H and O–H groups in total. The highest BCUT2D eigenvalue weighted by molar-refractivity contribution is 5.77. The SMILES string of the molecule is CC.Cc1nn(C)c(C)c1C=O. The molecule has 0 radical (unpaired) electrons. The lowest BCUT2D eigenvalue weighted by atomic mass is 10.2. The quantitative estimate of drug-likeness (QED) is 0.600. The van der Waals surface area contributed by atoms with E-state index in [-0.39, 0.29) is 0 Å². The lowest BCUT2D eigenvalue weighted by molar-refractivity contribution is 0.112. The van der Waals surface area contributed by atoms with Crippen LogP contribution in [0, 0.1) is 13.8 Å². The summed E-state index contributed by atoms with van der Waals surface area (Å²) in [5.74, 6) is 0. The van der Waals surface area contributed by atoms with Gasteiger partial charge in [0.15, 0.2) is 6.29 Å². The molecule has 0 aliphatic carbocycles. The maximum absolute atomic E-state index is 10.4. The first kappa shape index (κ1) is 10.9. The average molecular weight is 168 g/mol. The van der Waals surface area contributed by atoms with Crippen LogP contribution in [-0.2, 0) is 7.05 Å². The van der Waals surface area contributed by atoms with E-state index in [0.717, 1.165) is 17.7 Å². The van der Waals surface area contributed by atoms with Gasteiger partial charge in [0, 0.05) is 12.7 Å². The summed E-state index contributed by atoms with van der Waals surface area (Å²) in [5.41, 5.74) is 2.44. The van der Waals surface area contributed by atoms with Gasteiger partial charge in [-0.25, -0.2) is 0 Å². The van der Waals surface area contributed by atoms with Crippen molar-refractivity contribution in [1.82, 2.24) is 9.78 Å². The topological polar surface area (TPSA) is 34.9 Å². The second kappa shape index (κ2) is 4.70. The molecule has 0 saturated carbocycles. The highest BCUT2D eigenvalue weighted by Gasteiger charge is 2.06. The number of aryl methyl sites for hydroxylation is 2. The fourth-order valence-electron chi connectivity index (χ4n) is 0.961. The van der Waals surface area contributed by atoms with Crippen LogP contribution in [0.3, 0.4) is 0 Å². The van der Waals surface area contributed by atoms with Crippen molar-refractivity contribution in [1.29, 1.82) is 0 Å². The van der Waals surface area contributed by atoms with Crippen LogP contribution in [0.5, 0.6) is 0 Å². The van der Waals surface area contributed by atoms with Gasteiger partial charge in [-0.1, -0.05) is 13.8 Å². The maximum Gasteiger partial charge on any atom is 0.153 e. The Morgan fingerprint density at radius 3 is 2.00 bits per heavy atom. The average Bonchev–Trinajstić information content (AvgIpc) is 2.31. The van der Waals surface area contributed by atoms with Crippen LogP contribution in [0.1, 0.15) is 35.6 Å². The van der Waals surface area contributed by atoms with E-state index < -0.39 is 0 Å². The monoisotopic (exact) mass is 168 g/mol. The maximum atomic E-state index is 10.4. The Kier molecular flexibility index (Phi) is 4.26. The first-order chi connectivity index (χ1) is 5.66. The van der Waals surface area contributed by atoms with Crippen molar-refractivity contribution in [3.05, 3.63) is 17.0 Å². The van der Waals surface area contributed by atoms with Crippen molar-refractivity contribution in [2.24, 2.45) is 7.05 Å².